The molecule has 0 spiro atoms. The Hall–Kier alpha value is -1.82. The molecule has 0 fully saturated rings. The first kappa shape index (κ1) is 16.2. The van der Waals surface area contributed by atoms with Crippen LogP contribution in [0.4, 0.5) is 0 Å². The second-order valence-electron chi connectivity index (χ2n) is 4.30. The first-order valence-corrected chi connectivity index (χ1v) is 6.94. The topological polar surface area (TPSA) is 65.9 Å². The van der Waals surface area contributed by atoms with Gasteiger partial charge >= 0.3 is 0 Å². The van der Waals surface area contributed by atoms with Gasteiger partial charge < -0.3 is 15.2 Å². The fourth-order valence-electron chi connectivity index (χ4n) is 1.56. The van der Waals surface area contributed by atoms with E-state index in [1.165, 1.54) is 0 Å². The molecule has 0 radical (unpaired) electrons. The summed E-state index contributed by atoms with van der Waals surface area (Å²) in [7, 11) is 1.55. The van der Waals surface area contributed by atoms with E-state index in [2.05, 4.69) is 22.8 Å². The zero-order valence-corrected chi connectivity index (χ0v) is 12.9. The molecule has 1 aromatic rings. The number of benzene rings is 1. The number of ether oxygens (including phenoxy) is 1. The minimum atomic E-state index is 0.122. The van der Waals surface area contributed by atoms with Gasteiger partial charge in [0.25, 0.3) is 0 Å². The van der Waals surface area contributed by atoms with Gasteiger partial charge in [0.15, 0.2) is 5.11 Å². The fourth-order valence-corrected chi connectivity index (χ4v) is 1.71. The number of hydrogen-bond acceptors (Lipinski definition) is 4. The largest absolute Gasteiger partial charge is 0.507 e. The molecule has 1 rings (SSSR count). The van der Waals surface area contributed by atoms with E-state index in [-0.39, 0.29) is 5.75 Å². The van der Waals surface area contributed by atoms with Gasteiger partial charge in [-0.15, -0.1) is 0 Å². The number of phenolic OH excluding ortho intramolecular Hbond substituents is 1. The summed E-state index contributed by atoms with van der Waals surface area (Å²) >= 11 is 5.10. The van der Waals surface area contributed by atoms with E-state index in [4.69, 9.17) is 17.0 Å². The molecule has 0 heterocycles. The van der Waals surface area contributed by atoms with Crippen LogP contribution in [-0.4, -0.2) is 29.6 Å². The number of nitrogens with one attached hydrogen (secondary N) is 2. The van der Waals surface area contributed by atoms with Crippen LogP contribution in [0.1, 0.15) is 32.3 Å². The van der Waals surface area contributed by atoms with Gasteiger partial charge in [0.2, 0.25) is 0 Å². The van der Waals surface area contributed by atoms with Crippen molar-refractivity contribution in [1.29, 1.82) is 0 Å². The molecule has 0 saturated carbocycles. The van der Waals surface area contributed by atoms with Crippen molar-refractivity contribution >= 4 is 23.0 Å². The highest BCUT2D eigenvalue weighted by atomic mass is 32.1. The average Bonchev–Trinajstić information content (AvgIpc) is 2.44. The maximum absolute atomic E-state index is 9.89. The number of hydrazone groups is 1. The Kier molecular flexibility index (Phi) is 6.79. The Morgan fingerprint density at radius 1 is 1.45 bits per heavy atom. The molecule has 0 saturated heterocycles. The number of methoxy groups -OCH3 is 1. The quantitative estimate of drug-likeness (QED) is 0.325. The number of nitrogens with zero attached hydrogens (tertiary/aromatic N) is 1. The van der Waals surface area contributed by atoms with Crippen LogP contribution in [-0.2, 0) is 0 Å². The standard InChI is InChI=1S/C14H21N3O2S/c1-4-5-8-15-14(20)17-16-10(2)12-7-6-11(19-3)9-13(12)18/h6-7,9,18H,4-5,8H2,1-3H3,(H2,15,17,20)/b16-10+. The average molecular weight is 295 g/mol. The molecule has 0 amide bonds. The van der Waals surface area contributed by atoms with Crippen molar-refractivity contribution in [3.05, 3.63) is 23.8 Å². The van der Waals surface area contributed by atoms with E-state index in [9.17, 15) is 5.11 Å². The Labute approximate surface area is 125 Å². The molecule has 1 aromatic carbocycles. The van der Waals surface area contributed by atoms with E-state index < -0.39 is 0 Å². The van der Waals surface area contributed by atoms with E-state index in [0.717, 1.165) is 19.4 Å². The van der Waals surface area contributed by atoms with Crippen molar-refractivity contribution in [1.82, 2.24) is 10.7 Å². The van der Waals surface area contributed by atoms with Crippen LogP contribution in [0.5, 0.6) is 11.5 Å². The number of unbranched alkanes of at least 4 members (excludes halogenated alkanes) is 1. The molecule has 0 aliphatic heterocycles. The normalized spacial score (nSPS) is 11.1. The molecule has 5 nitrogen and oxygen atoms in total. The van der Waals surface area contributed by atoms with Crippen LogP contribution in [0, 0.1) is 0 Å². The number of aromatic hydroxyl groups is 1. The van der Waals surface area contributed by atoms with Gasteiger partial charge in [-0.05, 0) is 37.7 Å². The highest BCUT2D eigenvalue weighted by molar-refractivity contribution is 7.80. The molecule has 0 atom stereocenters. The maximum Gasteiger partial charge on any atom is 0.186 e. The minimum Gasteiger partial charge on any atom is -0.507 e. The molecule has 3 N–H and O–H groups in total. The third-order valence-electron chi connectivity index (χ3n) is 2.74. The Morgan fingerprint density at radius 3 is 2.80 bits per heavy atom. The maximum atomic E-state index is 9.89. The molecule has 0 bridgehead atoms. The van der Waals surface area contributed by atoms with Gasteiger partial charge in [0.1, 0.15) is 11.5 Å². The summed E-state index contributed by atoms with van der Waals surface area (Å²) < 4.78 is 5.04. The lowest BCUT2D eigenvalue weighted by Crippen LogP contribution is -2.33. The number of phenols is 1. The molecule has 0 unspecified atom stereocenters. The Morgan fingerprint density at radius 2 is 2.20 bits per heavy atom. The molecule has 0 aromatic heterocycles. The second kappa shape index (κ2) is 8.37. The lowest BCUT2D eigenvalue weighted by atomic mass is 10.1. The minimum absolute atomic E-state index is 0.122. The Balaban J connectivity index is 2.62. The van der Waals surface area contributed by atoms with E-state index in [1.807, 2.05) is 0 Å². The third kappa shape index (κ3) is 5.05. The number of thiocarbonyl (C=S) groups is 1. The molecule has 110 valence electrons. The Bertz CT molecular complexity index is 489. The SMILES string of the molecule is CCCCNC(=S)N/N=C(\C)c1ccc(OC)cc1O. The predicted octanol–water partition coefficient (Wildman–Crippen LogP) is 2.39. The molecular weight excluding hydrogens is 274 g/mol. The van der Waals surface area contributed by atoms with Crippen LogP contribution in [0.25, 0.3) is 0 Å². The van der Waals surface area contributed by atoms with Crippen molar-refractivity contribution in [2.24, 2.45) is 5.10 Å². The first-order valence-electron chi connectivity index (χ1n) is 6.54. The van der Waals surface area contributed by atoms with Crippen LogP contribution >= 0.6 is 12.2 Å². The van der Waals surface area contributed by atoms with Gasteiger partial charge in [0.05, 0.1) is 12.8 Å². The summed E-state index contributed by atoms with van der Waals surface area (Å²) in [5.74, 6) is 0.723. The summed E-state index contributed by atoms with van der Waals surface area (Å²) in [6, 6.07) is 5.07. The van der Waals surface area contributed by atoms with Gasteiger partial charge in [-0.25, -0.2) is 0 Å². The van der Waals surface area contributed by atoms with Crippen molar-refractivity contribution in [2.45, 2.75) is 26.7 Å². The molecular formula is C14H21N3O2S. The zero-order chi connectivity index (χ0) is 15.0. The molecule has 6 heteroatoms. The number of hydrogen-bond donors (Lipinski definition) is 3. The summed E-state index contributed by atoms with van der Waals surface area (Å²) in [5, 5.41) is 17.6. The van der Waals surface area contributed by atoms with Crippen LogP contribution in [0.2, 0.25) is 0 Å². The van der Waals surface area contributed by atoms with Crippen molar-refractivity contribution in [3.8, 4) is 11.5 Å². The highest BCUT2D eigenvalue weighted by Crippen LogP contribution is 2.23. The number of rotatable bonds is 6. The summed E-state index contributed by atoms with van der Waals surface area (Å²) in [5.41, 5.74) is 4.04. The highest BCUT2D eigenvalue weighted by Gasteiger charge is 2.06. The summed E-state index contributed by atoms with van der Waals surface area (Å²) in [6.07, 6.45) is 2.17. The summed E-state index contributed by atoms with van der Waals surface area (Å²) in [4.78, 5) is 0. The molecule has 0 aliphatic rings. The van der Waals surface area contributed by atoms with Crippen LogP contribution in [0.3, 0.4) is 0 Å². The fraction of sp³-hybridized carbons (Fsp3) is 0.429. The van der Waals surface area contributed by atoms with Gasteiger partial charge in [0, 0.05) is 18.2 Å². The van der Waals surface area contributed by atoms with Gasteiger partial charge in [-0.3, -0.25) is 5.43 Å². The predicted molar refractivity (Wildman–Crippen MR) is 85.5 cm³/mol. The van der Waals surface area contributed by atoms with Crippen molar-refractivity contribution < 1.29 is 9.84 Å². The second-order valence-corrected chi connectivity index (χ2v) is 4.71. The third-order valence-corrected chi connectivity index (χ3v) is 2.97. The van der Waals surface area contributed by atoms with Crippen LogP contribution in [0.15, 0.2) is 23.3 Å². The smallest absolute Gasteiger partial charge is 0.186 e. The summed E-state index contributed by atoms with van der Waals surface area (Å²) in [6.45, 7) is 4.74. The van der Waals surface area contributed by atoms with Gasteiger partial charge in [-0.1, -0.05) is 13.3 Å². The van der Waals surface area contributed by atoms with Crippen molar-refractivity contribution in [2.75, 3.05) is 13.7 Å². The molecule has 20 heavy (non-hydrogen) atoms. The lowest BCUT2D eigenvalue weighted by molar-refractivity contribution is 0.407. The van der Waals surface area contributed by atoms with E-state index >= 15 is 0 Å². The lowest BCUT2D eigenvalue weighted by Gasteiger charge is -2.09. The van der Waals surface area contributed by atoms with Gasteiger partial charge in [-0.2, -0.15) is 5.10 Å². The van der Waals surface area contributed by atoms with Crippen molar-refractivity contribution in [3.63, 3.8) is 0 Å². The molecule has 0 aliphatic carbocycles. The van der Waals surface area contributed by atoms with E-state index in [0.29, 0.717) is 22.1 Å². The zero-order valence-electron chi connectivity index (χ0n) is 12.1. The van der Waals surface area contributed by atoms with E-state index in [1.54, 1.807) is 32.2 Å². The monoisotopic (exact) mass is 295 g/mol. The van der Waals surface area contributed by atoms with Crippen LogP contribution < -0.4 is 15.5 Å². The first-order chi connectivity index (χ1) is 9.58.